The predicted octanol–water partition coefficient (Wildman–Crippen LogP) is 4.36. The molecule has 0 saturated carbocycles. The number of hydrogen-bond acceptors (Lipinski definition) is 3. The van der Waals surface area contributed by atoms with E-state index in [2.05, 4.69) is 19.9 Å². The van der Waals surface area contributed by atoms with E-state index in [1.165, 1.54) is 0 Å². The molecule has 3 rings (SSSR count). The Kier molecular flexibility index (Phi) is 3.43. The fraction of sp³-hybridized carbons (Fsp3) is 0.231. The Morgan fingerprint density at radius 3 is 3.05 bits per heavy atom. The molecule has 98 valence electrons. The van der Waals surface area contributed by atoms with Crippen molar-refractivity contribution in [3.8, 4) is 0 Å². The second-order valence-corrected chi connectivity index (χ2v) is 6.24. The van der Waals surface area contributed by atoms with Crippen LogP contribution in [-0.2, 0) is 13.0 Å². The molecule has 0 saturated heterocycles. The van der Waals surface area contributed by atoms with Crippen molar-refractivity contribution in [2.75, 3.05) is 0 Å². The third-order valence-corrected chi connectivity index (χ3v) is 4.38. The molecule has 1 aromatic carbocycles. The molecule has 3 aromatic rings. The van der Waals surface area contributed by atoms with Gasteiger partial charge in [0.2, 0.25) is 0 Å². The maximum atomic E-state index is 6.05. The van der Waals surface area contributed by atoms with Crippen molar-refractivity contribution < 1.29 is 0 Å². The standard InChI is InChI=1S/C13H12ClN3S2/c1-8-15-10(7-19-8)4-5-17-12-6-9(14)2-3-11(12)16-13(17)18/h2-3,6-7H,4-5H2,1H3,(H,16,18). The van der Waals surface area contributed by atoms with Gasteiger partial charge >= 0.3 is 0 Å². The summed E-state index contributed by atoms with van der Waals surface area (Å²) in [4.78, 5) is 7.67. The molecule has 3 nitrogen and oxygen atoms in total. The van der Waals surface area contributed by atoms with E-state index < -0.39 is 0 Å². The number of benzene rings is 1. The minimum atomic E-state index is 0.722. The first-order valence-electron chi connectivity index (χ1n) is 5.92. The van der Waals surface area contributed by atoms with E-state index in [-0.39, 0.29) is 0 Å². The SMILES string of the molecule is Cc1nc(CCn2c(=S)[nH]c3ccc(Cl)cc32)cs1. The fourth-order valence-corrected chi connectivity index (χ4v) is 3.21. The normalized spacial score (nSPS) is 11.3. The van der Waals surface area contributed by atoms with Gasteiger partial charge in [0.1, 0.15) is 0 Å². The summed E-state index contributed by atoms with van der Waals surface area (Å²) in [7, 11) is 0. The van der Waals surface area contributed by atoms with E-state index in [4.69, 9.17) is 23.8 Å². The van der Waals surface area contributed by atoms with Crippen molar-refractivity contribution in [3.63, 3.8) is 0 Å². The monoisotopic (exact) mass is 309 g/mol. The van der Waals surface area contributed by atoms with Gasteiger partial charge in [0.15, 0.2) is 4.77 Å². The largest absolute Gasteiger partial charge is 0.331 e. The molecule has 0 aliphatic carbocycles. The lowest BCUT2D eigenvalue weighted by Gasteiger charge is -2.03. The molecule has 0 bridgehead atoms. The van der Waals surface area contributed by atoms with E-state index in [9.17, 15) is 0 Å². The van der Waals surface area contributed by atoms with Crippen LogP contribution in [-0.4, -0.2) is 14.5 Å². The quantitative estimate of drug-likeness (QED) is 0.729. The van der Waals surface area contributed by atoms with Gasteiger partial charge in [-0.25, -0.2) is 4.98 Å². The van der Waals surface area contributed by atoms with E-state index in [1.54, 1.807) is 11.3 Å². The summed E-state index contributed by atoms with van der Waals surface area (Å²) in [6.07, 6.45) is 0.873. The number of aromatic nitrogens is 3. The van der Waals surface area contributed by atoms with Crippen LogP contribution < -0.4 is 0 Å². The second kappa shape index (κ2) is 5.07. The van der Waals surface area contributed by atoms with E-state index in [1.807, 2.05) is 25.1 Å². The summed E-state index contributed by atoms with van der Waals surface area (Å²) in [6.45, 7) is 2.83. The summed E-state index contributed by atoms with van der Waals surface area (Å²) in [5.74, 6) is 0. The molecule has 19 heavy (non-hydrogen) atoms. The third-order valence-electron chi connectivity index (χ3n) is 3.00. The van der Waals surface area contributed by atoms with Gasteiger partial charge in [-0.3, -0.25) is 0 Å². The van der Waals surface area contributed by atoms with Crippen LogP contribution in [0.2, 0.25) is 5.02 Å². The van der Waals surface area contributed by atoms with E-state index in [0.29, 0.717) is 0 Å². The van der Waals surface area contributed by atoms with E-state index >= 15 is 0 Å². The van der Waals surface area contributed by atoms with Crippen LogP contribution in [0.5, 0.6) is 0 Å². The highest BCUT2D eigenvalue weighted by molar-refractivity contribution is 7.71. The van der Waals surface area contributed by atoms with Crippen molar-refractivity contribution in [2.45, 2.75) is 19.9 Å². The van der Waals surface area contributed by atoms with E-state index in [0.717, 1.165) is 44.5 Å². The highest BCUT2D eigenvalue weighted by Crippen LogP contribution is 2.20. The Morgan fingerprint density at radius 1 is 1.47 bits per heavy atom. The number of imidazole rings is 1. The van der Waals surface area contributed by atoms with Crippen molar-refractivity contribution in [3.05, 3.63) is 44.1 Å². The number of fused-ring (bicyclic) bond motifs is 1. The molecule has 2 heterocycles. The highest BCUT2D eigenvalue weighted by Gasteiger charge is 2.06. The Morgan fingerprint density at radius 2 is 2.32 bits per heavy atom. The number of nitrogens with one attached hydrogen (secondary N) is 1. The van der Waals surface area contributed by atoms with Gasteiger partial charge < -0.3 is 9.55 Å². The summed E-state index contributed by atoms with van der Waals surface area (Å²) in [5.41, 5.74) is 3.18. The summed E-state index contributed by atoms with van der Waals surface area (Å²) in [6, 6.07) is 5.76. The molecule has 0 aliphatic heterocycles. The summed E-state index contributed by atoms with van der Waals surface area (Å²) >= 11 is 13.1. The minimum Gasteiger partial charge on any atom is -0.331 e. The van der Waals surface area contributed by atoms with Crippen molar-refractivity contribution >= 4 is 46.2 Å². The first kappa shape index (κ1) is 12.8. The Balaban J connectivity index is 1.94. The zero-order valence-corrected chi connectivity index (χ0v) is 12.7. The Labute approximate surface area is 124 Å². The lowest BCUT2D eigenvalue weighted by molar-refractivity contribution is 0.697. The smallest absolute Gasteiger partial charge is 0.178 e. The number of halogens is 1. The van der Waals surface area contributed by atoms with Gasteiger partial charge in [0, 0.05) is 23.4 Å². The molecule has 6 heteroatoms. The molecular weight excluding hydrogens is 298 g/mol. The molecule has 0 aliphatic rings. The summed E-state index contributed by atoms with van der Waals surface area (Å²) in [5, 5.41) is 3.92. The van der Waals surface area contributed by atoms with Gasteiger partial charge in [-0.15, -0.1) is 11.3 Å². The minimum absolute atomic E-state index is 0.722. The number of thiazole rings is 1. The topological polar surface area (TPSA) is 33.6 Å². The number of H-pyrrole nitrogens is 1. The van der Waals surface area contributed by atoms with Crippen LogP contribution >= 0.6 is 35.2 Å². The van der Waals surface area contributed by atoms with Gasteiger partial charge in [0.25, 0.3) is 0 Å². The first-order chi connectivity index (χ1) is 9.13. The molecular formula is C13H12ClN3S2. The zero-order chi connectivity index (χ0) is 13.4. The Bertz CT molecular complexity index is 785. The third kappa shape index (κ3) is 2.59. The first-order valence-corrected chi connectivity index (χ1v) is 7.59. The van der Waals surface area contributed by atoms with Crippen LogP contribution in [0, 0.1) is 11.7 Å². The average molecular weight is 310 g/mol. The number of aromatic amines is 1. The highest BCUT2D eigenvalue weighted by atomic mass is 35.5. The maximum Gasteiger partial charge on any atom is 0.178 e. The molecule has 0 unspecified atom stereocenters. The Hall–Kier alpha value is -1.17. The van der Waals surface area contributed by atoms with Gasteiger partial charge in [-0.1, -0.05) is 11.6 Å². The molecule has 0 radical (unpaired) electrons. The van der Waals surface area contributed by atoms with Crippen LogP contribution in [0.25, 0.3) is 11.0 Å². The fourth-order valence-electron chi connectivity index (χ4n) is 2.10. The van der Waals surface area contributed by atoms with Gasteiger partial charge in [-0.2, -0.15) is 0 Å². The zero-order valence-electron chi connectivity index (χ0n) is 10.3. The molecule has 0 fully saturated rings. The van der Waals surface area contributed by atoms with Gasteiger partial charge in [0.05, 0.1) is 21.7 Å². The predicted molar refractivity (Wildman–Crippen MR) is 82.7 cm³/mol. The van der Waals surface area contributed by atoms with Crippen LogP contribution in [0.4, 0.5) is 0 Å². The molecule has 0 atom stereocenters. The lowest BCUT2D eigenvalue weighted by atomic mass is 10.3. The molecule has 0 amide bonds. The summed E-state index contributed by atoms with van der Waals surface area (Å²) < 4.78 is 2.80. The van der Waals surface area contributed by atoms with Crippen LogP contribution in [0.1, 0.15) is 10.7 Å². The van der Waals surface area contributed by atoms with Crippen LogP contribution in [0.3, 0.4) is 0 Å². The molecule has 1 N–H and O–H groups in total. The maximum absolute atomic E-state index is 6.05. The number of nitrogens with zero attached hydrogens (tertiary/aromatic N) is 2. The molecule has 0 spiro atoms. The van der Waals surface area contributed by atoms with Gasteiger partial charge in [-0.05, 0) is 37.3 Å². The van der Waals surface area contributed by atoms with Crippen molar-refractivity contribution in [1.82, 2.24) is 14.5 Å². The number of hydrogen-bond donors (Lipinski definition) is 1. The number of rotatable bonds is 3. The molecule has 2 aromatic heterocycles. The number of aryl methyl sites for hydroxylation is 3. The average Bonchev–Trinajstić information content (AvgIpc) is 2.90. The lowest BCUT2D eigenvalue weighted by Crippen LogP contribution is -2.01. The van der Waals surface area contributed by atoms with Crippen molar-refractivity contribution in [2.24, 2.45) is 0 Å². The van der Waals surface area contributed by atoms with Crippen LogP contribution in [0.15, 0.2) is 23.6 Å². The van der Waals surface area contributed by atoms with Crippen molar-refractivity contribution in [1.29, 1.82) is 0 Å². The second-order valence-electron chi connectivity index (χ2n) is 4.35.